The third-order valence-corrected chi connectivity index (χ3v) is 3.15. The summed E-state index contributed by atoms with van der Waals surface area (Å²) in [4.78, 5) is 11.3. The van der Waals surface area contributed by atoms with Gasteiger partial charge in [0.25, 0.3) is 0 Å². The Bertz CT molecular complexity index is 641. The average Bonchev–Trinajstić information content (AvgIpc) is 2.38. The van der Waals surface area contributed by atoms with Crippen LogP contribution >= 0.6 is 0 Å². The monoisotopic (exact) mass is 270 g/mol. The molecule has 1 heterocycles. The highest BCUT2D eigenvalue weighted by Crippen LogP contribution is 2.30. The highest BCUT2D eigenvalue weighted by Gasteiger charge is 2.22. The number of aromatic nitrogens is 2. The van der Waals surface area contributed by atoms with Crippen LogP contribution in [-0.2, 0) is 5.41 Å². The molecule has 0 amide bonds. The molecular weight excluding hydrogens is 252 g/mol. The summed E-state index contributed by atoms with van der Waals surface area (Å²) in [5.74, 6) is -0.906. The molecule has 104 valence electrons. The molecule has 0 aliphatic rings. The molecule has 20 heavy (non-hydrogen) atoms. The van der Waals surface area contributed by atoms with E-state index in [1.807, 2.05) is 45.9 Å². The van der Waals surface area contributed by atoms with Gasteiger partial charge in [-0.05, 0) is 42.2 Å². The van der Waals surface area contributed by atoms with Gasteiger partial charge in [-0.25, -0.2) is 4.79 Å². The van der Waals surface area contributed by atoms with Gasteiger partial charge in [0.2, 0.25) is 0 Å². The van der Waals surface area contributed by atoms with Gasteiger partial charge in [-0.1, -0.05) is 26.8 Å². The summed E-state index contributed by atoms with van der Waals surface area (Å²) in [6.45, 7) is 7.88. The second-order valence-electron chi connectivity index (χ2n) is 5.88. The lowest BCUT2D eigenvalue weighted by Gasteiger charge is -2.22. The minimum Gasteiger partial charge on any atom is -0.478 e. The Morgan fingerprint density at radius 1 is 1.10 bits per heavy atom. The number of rotatable bonds is 2. The number of carboxylic acid groups (broad SMARTS) is 1. The van der Waals surface area contributed by atoms with Crippen molar-refractivity contribution in [3.05, 3.63) is 47.2 Å². The van der Waals surface area contributed by atoms with Crippen molar-refractivity contribution in [3.8, 4) is 11.3 Å². The standard InChI is InChI=1S/C16H18N2O2/c1-10-5-8-14(18-17-10)11-6-7-12(15(19)20)13(9-11)16(2,3)4/h5-9H,1-4H3,(H,19,20). The van der Waals surface area contributed by atoms with Crippen LogP contribution in [-0.4, -0.2) is 21.3 Å². The van der Waals surface area contributed by atoms with Crippen LogP contribution in [0.15, 0.2) is 30.3 Å². The van der Waals surface area contributed by atoms with E-state index in [0.717, 1.165) is 22.5 Å². The lowest BCUT2D eigenvalue weighted by molar-refractivity contribution is 0.0694. The lowest BCUT2D eigenvalue weighted by Crippen LogP contribution is -2.17. The first-order chi connectivity index (χ1) is 9.29. The van der Waals surface area contributed by atoms with Crippen molar-refractivity contribution in [1.29, 1.82) is 0 Å². The zero-order valence-electron chi connectivity index (χ0n) is 12.1. The van der Waals surface area contributed by atoms with Crippen molar-refractivity contribution >= 4 is 5.97 Å². The van der Waals surface area contributed by atoms with Crippen LogP contribution in [0.4, 0.5) is 0 Å². The molecule has 0 saturated heterocycles. The molecule has 1 aromatic heterocycles. The largest absolute Gasteiger partial charge is 0.478 e. The summed E-state index contributed by atoms with van der Waals surface area (Å²) in [5, 5.41) is 17.5. The van der Waals surface area contributed by atoms with Crippen molar-refractivity contribution in [2.24, 2.45) is 0 Å². The van der Waals surface area contributed by atoms with Crippen LogP contribution in [0.2, 0.25) is 0 Å². The first-order valence-electron chi connectivity index (χ1n) is 6.47. The van der Waals surface area contributed by atoms with Crippen LogP contribution in [0.25, 0.3) is 11.3 Å². The number of hydrogen-bond acceptors (Lipinski definition) is 3. The first kappa shape index (κ1) is 14.2. The Morgan fingerprint density at radius 3 is 2.30 bits per heavy atom. The fraction of sp³-hybridized carbons (Fsp3) is 0.312. The molecule has 1 N–H and O–H groups in total. The summed E-state index contributed by atoms with van der Waals surface area (Å²) >= 11 is 0. The maximum atomic E-state index is 11.3. The van der Waals surface area contributed by atoms with Crippen molar-refractivity contribution in [3.63, 3.8) is 0 Å². The fourth-order valence-electron chi connectivity index (χ4n) is 2.06. The van der Waals surface area contributed by atoms with Gasteiger partial charge in [0, 0.05) is 5.56 Å². The van der Waals surface area contributed by atoms with E-state index in [4.69, 9.17) is 0 Å². The molecule has 4 heteroatoms. The predicted molar refractivity (Wildman–Crippen MR) is 77.9 cm³/mol. The molecule has 0 fully saturated rings. The Morgan fingerprint density at radius 2 is 1.80 bits per heavy atom. The van der Waals surface area contributed by atoms with Gasteiger partial charge in [-0.3, -0.25) is 0 Å². The van der Waals surface area contributed by atoms with Crippen LogP contribution in [0, 0.1) is 6.92 Å². The number of carboxylic acids is 1. The summed E-state index contributed by atoms with van der Waals surface area (Å²) < 4.78 is 0. The van der Waals surface area contributed by atoms with Crippen LogP contribution in [0.1, 0.15) is 42.4 Å². The summed E-state index contributed by atoms with van der Waals surface area (Å²) in [6, 6.07) is 9.09. The van der Waals surface area contributed by atoms with E-state index >= 15 is 0 Å². The molecular formula is C16H18N2O2. The zero-order valence-corrected chi connectivity index (χ0v) is 12.1. The molecule has 1 aromatic carbocycles. The molecule has 0 aliphatic heterocycles. The quantitative estimate of drug-likeness (QED) is 0.907. The van der Waals surface area contributed by atoms with Gasteiger partial charge < -0.3 is 5.11 Å². The first-order valence-corrected chi connectivity index (χ1v) is 6.47. The molecule has 0 aliphatic carbocycles. The molecule has 4 nitrogen and oxygen atoms in total. The SMILES string of the molecule is Cc1ccc(-c2ccc(C(=O)O)c(C(C)(C)C)c2)nn1. The molecule has 2 aromatic rings. The lowest BCUT2D eigenvalue weighted by atomic mass is 9.82. The summed E-state index contributed by atoms with van der Waals surface area (Å²) in [6.07, 6.45) is 0. The van der Waals surface area contributed by atoms with E-state index in [1.54, 1.807) is 12.1 Å². The van der Waals surface area contributed by atoms with E-state index in [-0.39, 0.29) is 5.41 Å². The van der Waals surface area contributed by atoms with Crippen molar-refractivity contribution < 1.29 is 9.90 Å². The third-order valence-electron chi connectivity index (χ3n) is 3.15. The molecule has 0 unspecified atom stereocenters. The Kier molecular flexibility index (Phi) is 3.57. The highest BCUT2D eigenvalue weighted by molar-refractivity contribution is 5.90. The van der Waals surface area contributed by atoms with E-state index < -0.39 is 5.97 Å². The molecule has 0 saturated carbocycles. The average molecular weight is 270 g/mol. The fourth-order valence-corrected chi connectivity index (χ4v) is 2.06. The molecule has 0 radical (unpaired) electrons. The number of benzene rings is 1. The van der Waals surface area contributed by atoms with Crippen LogP contribution in [0.5, 0.6) is 0 Å². The van der Waals surface area contributed by atoms with Gasteiger partial charge in [0.15, 0.2) is 0 Å². The van der Waals surface area contributed by atoms with Gasteiger partial charge in [0.1, 0.15) is 0 Å². The normalized spacial score (nSPS) is 11.4. The Balaban J connectivity index is 2.58. The van der Waals surface area contributed by atoms with Crippen molar-refractivity contribution in [2.75, 3.05) is 0 Å². The summed E-state index contributed by atoms with van der Waals surface area (Å²) in [7, 11) is 0. The topological polar surface area (TPSA) is 63.1 Å². The van der Waals surface area contributed by atoms with Crippen LogP contribution < -0.4 is 0 Å². The Hall–Kier alpha value is -2.23. The molecule has 0 atom stereocenters. The van der Waals surface area contributed by atoms with E-state index in [0.29, 0.717) is 5.56 Å². The third kappa shape index (κ3) is 2.85. The van der Waals surface area contributed by atoms with Gasteiger partial charge in [-0.2, -0.15) is 10.2 Å². The maximum absolute atomic E-state index is 11.3. The number of hydrogen-bond donors (Lipinski definition) is 1. The number of nitrogens with zero attached hydrogens (tertiary/aromatic N) is 2. The molecule has 0 spiro atoms. The Labute approximate surface area is 118 Å². The number of carbonyl (C=O) groups is 1. The highest BCUT2D eigenvalue weighted by atomic mass is 16.4. The molecule has 0 bridgehead atoms. The van der Waals surface area contributed by atoms with Gasteiger partial charge in [-0.15, -0.1) is 0 Å². The van der Waals surface area contributed by atoms with E-state index in [1.165, 1.54) is 0 Å². The van der Waals surface area contributed by atoms with Crippen LogP contribution in [0.3, 0.4) is 0 Å². The second kappa shape index (κ2) is 5.04. The zero-order chi connectivity index (χ0) is 14.9. The van der Waals surface area contributed by atoms with Crippen molar-refractivity contribution in [2.45, 2.75) is 33.1 Å². The maximum Gasteiger partial charge on any atom is 0.335 e. The second-order valence-corrected chi connectivity index (χ2v) is 5.88. The molecule has 2 rings (SSSR count). The van der Waals surface area contributed by atoms with Gasteiger partial charge >= 0.3 is 5.97 Å². The predicted octanol–water partition coefficient (Wildman–Crippen LogP) is 3.45. The number of aryl methyl sites for hydroxylation is 1. The van der Waals surface area contributed by atoms with Gasteiger partial charge in [0.05, 0.1) is 17.0 Å². The van der Waals surface area contributed by atoms with E-state index in [9.17, 15) is 9.90 Å². The minimum absolute atomic E-state index is 0.248. The summed E-state index contributed by atoms with van der Waals surface area (Å²) in [5.41, 5.74) is 3.37. The van der Waals surface area contributed by atoms with Crippen molar-refractivity contribution in [1.82, 2.24) is 10.2 Å². The smallest absolute Gasteiger partial charge is 0.335 e. The number of aromatic carboxylic acids is 1. The van der Waals surface area contributed by atoms with E-state index in [2.05, 4.69) is 10.2 Å². The minimum atomic E-state index is -0.906.